The van der Waals surface area contributed by atoms with Crippen molar-refractivity contribution < 1.29 is 9.59 Å². The van der Waals surface area contributed by atoms with Crippen molar-refractivity contribution in [3.8, 4) is 0 Å². The predicted octanol–water partition coefficient (Wildman–Crippen LogP) is 3.83. The molecule has 0 radical (unpaired) electrons. The Labute approximate surface area is 179 Å². The summed E-state index contributed by atoms with van der Waals surface area (Å²) in [6.07, 6.45) is 3.46. The summed E-state index contributed by atoms with van der Waals surface area (Å²) in [6.45, 7) is 4.69. The molecule has 1 aliphatic rings. The van der Waals surface area contributed by atoms with Crippen LogP contribution in [-0.2, 0) is 6.54 Å². The topological polar surface area (TPSA) is 81.0 Å². The van der Waals surface area contributed by atoms with Gasteiger partial charge in [-0.1, -0.05) is 36.4 Å². The number of rotatable bonds is 4. The minimum atomic E-state index is -0.210. The van der Waals surface area contributed by atoms with Crippen molar-refractivity contribution in [3.63, 3.8) is 0 Å². The second-order valence-electron chi connectivity index (χ2n) is 8.04. The molecule has 2 N–H and O–H groups in total. The molecular formula is C24H23N5O2. The molecule has 3 heterocycles. The van der Waals surface area contributed by atoms with Gasteiger partial charge < -0.3 is 15.2 Å². The molecular weight excluding hydrogens is 390 g/mol. The predicted molar refractivity (Wildman–Crippen MR) is 119 cm³/mol. The van der Waals surface area contributed by atoms with Crippen LogP contribution in [0.25, 0.3) is 10.9 Å². The van der Waals surface area contributed by atoms with Gasteiger partial charge in [-0.05, 0) is 37.6 Å². The molecule has 156 valence electrons. The molecule has 0 saturated heterocycles. The fourth-order valence-electron chi connectivity index (χ4n) is 4.09. The van der Waals surface area contributed by atoms with Gasteiger partial charge in [0.25, 0.3) is 11.8 Å². The first-order valence-electron chi connectivity index (χ1n) is 10.3. The molecule has 0 fully saturated rings. The number of nitrogens with zero attached hydrogens (tertiary/aromatic N) is 3. The van der Waals surface area contributed by atoms with E-state index in [1.54, 1.807) is 16.9 Å². The first kappa shape index (κ1) is 19.1. The van der Waals surface area contributed by atoms with E-state index in [0.717, 1.165) is 16.5 Å². The third-order valence-corrected chi connectivity index (χ3v) is 5.90. The van der Waals surface area contributed by atoms with Gasteiger partial charge in [-0.25, -0.2) is 0 Å². The summed E-state index contributed by atoms with van der Waals surface area (Å²) in [7, 11) is 0. The van der Waals surface area contributed by atoms with Crippen LogP contribution in [0.15, 0.2) is 67.0 Å². The van der Waals surface area contributed by atoms with Crippen molar-refractivity contribution in [3.05, 3.63) is 83.8 Å². The highest BCUT2D eigenvalue weighted by molar-refractivity contribution is 6.07. The minimum absolute atomic E-state index is 0.0172. The molecule has 0 bridgehead atoms. The van der Waals surface area contributed by atoms with Gasteiger partial charge in [0.15, 0.2) is 0 Å². The Hall–Kier alpha value is -3.87. The van der Waals surface area contributed by atoms with Gasteiger partial charge in [0.1, 0.15) is 5.69 Å². The zero-order valence-corrected chi connectivity index (χ0v) is 17.4. The SMILES string of the molecule is CC1NC(=O)c2cc3ccc(C(=O)Nc4cnn(Cc5ccccc5)c4)cc3n2C1C. The molecule has 4 aromatic rings. The van der Waals surface area contributed by atoms with Crippen molar-refractivity contribution in [1.29, 1.82) is 0 Å². The van der Waals surface area contributed by atoms with E-state index >= 15 is 0 Å². The molecule has 2 unspecified atom stereocenters. The Morgan fingerprint density at radius 2 is 1.94 bits per heavy atom. The number of amides is 2. The molecule has 5 rings (SSSR count). The van der Waals surface area contributed by atoms with E-state index in [1.165, 1.54) is 0 Å². The number of carbonyl (C=O) groups excluding carboxylic acids is 2. The molecule has 0 aliphatic carbocycles. The smallest absolute Gasteiger partial charge is 0.268 e. The first-order chi connectivity index (χ1) is 15.0. The Morgan fingerprint density at radius 1 is 1.13 bits per heavy atom. The highest BCUT2D eigenvalue weighted by atomic mass is 16.2. The van der Waals surface area contributed by atoms with Crippen LogP contribution >= 0.6 is 0 Å². The second-order valence-corrected chi connectivity index (χ2v) is 8.04. The van der Waals surface area contributed by atoms with E-state index in [2.05, 4.69) is 22.7 Å². The molecule has 7 heteroatoms. The van der Waals surface area contributed by atoms with E-state index in [0.29, 0.717) is 23.5 Å². The molecule has 31 heavy (non-hydrogen) atoms. The zero-order valence-electron chi connectivity index (χ0n) is 17.4. The van der Waals surface area contributed by atoms with Crippen LogP contribution in [0.1, 0.15) is 46.3 Å². The van der Waals surface area contributed by atoms with Crippen molar-refractivity contribution in [2.45, 2.75) is 32.5 Å². The molecule has 2 atom stereocenters. The molecule has 2 aromatic heterocycles. The van der Waals surface area contributed by atoms with Crippen molar-refractivity contribution in [2.24, 2.45) is 0 Å². The number of aromatic nitrogens is 3. The normalized spacial score (nSPS) is 17.9. The van der Waals surface area contributed by atoms with Gasteiger partial charge >= 0.3 is 0 Å². The van der Waals surface area contributed by atoms with E-state index in [4.69, 9.17) is 0 Å². The first-order valence-corrected chi connectivity index (χ1v) is 10.3. The van der Waals surface area contributed by atoms with Crippen molar-refractivity contribution in [1.82, 2.24) is 19.7 Å². The summed E-state index contributed by atoms with van der Waals surface area (Å²) in [5.41, 5.74) is 3.82. The highest BCUT2D eigenvalue weighted by Crippen LogP contribution is 2.30. The number of nitrogens with one attached hydrogen (secondary N) is 2. The number of fused-ring (bicyclic) bond motifs is 3. The van der Waals surface area contributed by atoms with Gasteiger partial charge in [0.2, 0.25) is 0 Å². The number of carbonyl (C=O) groups is 2. The van der Waals surface area contributed by atoms with Gasteiger partial charge in [-0.3, -0.25) is 14.3 Å². The molecule has 0 spiro atoms. The lowest BCUT2D eigenvalue weighted by Crippen LogP contribution is -2.44. The molecule has 0 saturated carbocycles. The lowest BCUT2D eigenvalue weighted by Gasteiger charge is -2.30. The average molecular weight is 413 g/mol. The van der Waals surface area contributed by atoms with Crippen LogP contribution in [0.3, 0.4) is 0 Å². The third kappa shape index (κ3) is 3.48. The van der Waals surface area contributed by atoms with Crippen LogP contribution in [0.4, 0.5) is 5.69 Å². The maximum atomic E-state index is 12.9. The van der Waals surface area contributed by atoms with Gasteiger partial charge in [0.05, 0.1) is 24.5 Å². The number of anilines is 1. The lowest BCUT2D eigenvalue weighted by atomic mass is 10.1. The van der Waals surface area contributed by atoms with Crippen LogP contribution in [0.2, 0.25) is 0 Å². The summed E-state index contributed by atoms with van der Waals surface area (Å²) in [5, 5.41) is 11.2. The quantitative estimate of drug-likeness (QED) is 0.534. The van der Waals surface area contributed by atoms with Crippen LogP contribution in [0.5, 0.6) is 0 Å². The largest absolute Gasteiger partial charge is 0.346 e. The van der Waals surface area contributed by atoms with Crippen molar-refractivity contribution in [2.75, 3.05) is 5.32 Å². The molecule has 1 aliphatic heterocycles. The van der Waals surface area contributed by atoms with E-state index < -0.39 is 0 Å². The lowest BCUT2D eigenvalue weighted by molar-refractivity contribution is 0.0891. The molecule has 2 amide bonds. The van der Waals surface area contributed by atoms with Gasteiger partial charge in [0, 0.05) is 28.7 Å². The van der Waals surface area contributed by atoms with Gasteiger partial charge in [-0.2, -0.15) is 5.10 Å². The minimum Gasteiger partial charge on any atom is -0.346 e. The summed E-state index contributed by atoms with van der Waals surface area (Å²) < 4.78 is 3.81. The van der Waals surface area contributed by atoms with Gasteiger partial charge in [-0.15, -0.1) is 0 Å². The summed E-state index contributed by atoms with van der Waals surface area (Å²) in [5.74, 6) is -0.295. The van der Waals surface area contributed by atoms with E-state index in [-0.39, 0.29) is 23.9 Å². The van der Waals surface area contributed by atoms with Crippen LogP contribution < -0.4 is 10.6 Å². The summed E-state index contributed by atoms with van der Waals surface area (Å²) in [4.78, 5) is 25.3. The Morgan fingerprint density at radius 3 is 2.74 bits per heavy atom. The molecule has 2 aromatic carbocycles. The Bertz CT molecular complexity index is 1290. The number of hydrogen-bond donors (Lipinski definition) is 2. The van der Waals surface area contributed by atoms with Crippen LogP contribution in [0, 0.1) is 0 Å². The fourth-order valence-corrected chi connectivity index (χ4v) is 4.09. The fraction of sp³-hybridized carbons (Fsp3) is 0.208. The maximum absolute atomic E-state index is 12.9. The Kier molecular flexibility index (Phi) is 4.58. The highest BCUT2D eigenvalue weighted by Gasteiger charge is 2.29. The van der Waals surface area contributed by atoms with E-state index in [1.807, 2.05) is 66.2 Å². The summed E-state index contributed by atoms with van der Waals surface area (Å²) >= 11 is 0. The van der Waals surface area contributed by atoms with Crippen molar-refractivity contribution >= 4 is 28.4 Å². The third-order valence-electron chi connectivity index (χ3n) is 5.90. The number of benzene rings is 2. The summed E-state index contributed by atoms with van der Waals surface area (Å²) in [6, 6.07) is 17.5. The standard InChI is InChI=1S/C24H23N5O2/c1-15-16(2)29-21-11-19(9-8-18(21)10-22(29)24(31)26-15)23(30)27-20-12-25-28(14-20)13-17-6-4-3-5-7-17/h3-12,14-16H,13H2,1-2H3,(H,26,31)(H,27,30). The second kappa shape index (κ2) is 7.43. The Balaban J connectivity index is 1.39. The zero-order chi connectivity index (χ0) is 21.5. The maximum Gasteiger partial charge on any atom is 0.268 e. The average Bonchev–Trinajstić information content (AvgIpc) is 3.37. The van der Waals surface area contributed by atoms with Crippen LogP contribution in [-0.4, -0.2) is 32.2 Å². The monoisotopic (exact) mass is 413 g/mol. The van der Waals surface area contributed by atoms with E-state index in [9.17, 15) is 9.59 Å². The number of hydrogen-bond acceptors (Lipinski definition) is 3. The molecule has 7 nitrogen and oxygen atoms in total.